The van der Waals surface area contributed by atoms with Gasteiger partial charge in [0.15, 0.2) is 0 Å². The number of rotatable bonds is 4. The molecular formula is C10H17N5O. The Morgan fingerprint density at radius 3 is 3.00 bits per heavy atom. The molecule has 0 radical (unpaired) electrons. The predicted octanol–water partition coefficient (Wildman–Crippen LogP) is 0.165. The first-order valence-corrected chi connectivity index (χ1v) is 5.59. The van der Waals surface area contributed by atoms with Crippen molar-refractivity contribution in [3.63, 3.8) is 0 Å². The Bertz CT molecular complexity index is 371. The van der Waals surface area contributed by atoms with Crippen LogP contribution in [-0.2, 0) is 11.3 Å². The van der Waals surface area contributed by atoms with Crippen molar-refractivity contribution in [3.05, 3.63) is 6.33 Å². The quantitative estimate of drug-likeness (QED) is 0.761. The van der Waals surface area contributed by atoms with E-state index in [4.69, 9.17) is 5.73 Å². The van der Waals surface area contributed by atoms with Gasteiger partial charge in [0.25, 0.3) is 0 Å². The Morgan fingerprint density at radius 2 is 2.50 bits per heavy atom. The van der Waals surface area contributed by atoms with E-state index < -0.39 is 0 Å². The van der Waals surface area contributed by atoms with Crippen molar-refractivity contribution >= 4 is 11.9 Å². The Hall–Kier alpha value is -1.59. The lowest BCUT2D eigenvalue weighted by molar-refractivity contribution is -0.123. The van der Waals surface area contributed by atoms with Crippen LogP contribution in [0, 0.1) is 5.92 Å². The molecule has 6 heteroatoms. The molecule has 88 valence electrons. The van der Waals surface area contributed by atoms with E-state index >= 15 is 0 Å². The van der Waals surface area contributed by atoms with E-state index in [2.05, 4.69) is 22.3 Å². The third-order valence-electron chi connectivity index (χ3n) is 3.11. The largest absolute Gasteiger partial charge is 0.367 e. The molecule has 1 heterocycles. The van der Waals surface area contributed by atoms with Gasteiger partial charge < -0.3 is 11.1 Å². The second-order valence-corrected chi connectivity index (χ2v) is 4.35. The summed E-state index contributed by atoms with van der Waals surface area (Å²) in [6.07, 6.45) is 5.18. The summed E-state index contributed by atoms with van der Waals surface area (Å²) in [5.74, 6) is 0.800. The van der Waals surface area contributed by atoms with Gasteiger partial charge in [-0.2, -0.15) is 0 Å². The number of hydrogen-bond acceptors (Lipinski definition) is 4. The highest BCUT2D eigenvalue weighted by Gasteiger charge is 2.24. The lowest BCUT2D eigenvalue weighted by Crippen LogP contribution is -2.42. The van der Waals surface area contributed by atoms with E-state index in [-0.39, 0.29) is 24.4 Å². The summed E-state index contributed by atoms with van der Waals surface area (Å²) < 4.78 is 1.44. The molecule has 1 aromatic heterocycles. The molecule has 1 aliphatic carbocycles. The van der Waals surface area contributed by atoms with Crippen molar-refractivity contribution in [2.75, 3.05) is 5.73 Å². The fraction of sp³-hybridized carbons (Fsp3) is 0.700. The average molecular weight is 223 g/mol. The summed E-state index contributed by atoms with van der Waals surface area (Å²) in [7, 11) is 0. The summed E-state index contributed by atoms with van der Waals surface area (Å²) >= 11 is 0. The zero-order chi connectivity index (χ0) is 11.5. The third-order valence-corrected chi connectivity index (χ3v) is 3.11. The van der Waals surface area contributed by atoms with E-state index in [0.29, 0.717) is 5.92 Å². The van der Waals surface area contributed by atoms with E-state index in [0.717, 1.165) is 0 Å². The van der Waals surface area contributed by atoms with Crippen molar-refractivity contribution in [2.24, 2.45) is 5.92 Å². The van der Waals surface area contributed by atoms with Crippen LogP contribution in [0.2, 0.25) is 0 Å². The third kappa shape index (κ3) is 2.50. The van der Waals surface area contributed by atoms with Crippen LogP contribution in [0.1, 0.15) is 26.2 Å². The molecule has 0 aromatic carbocycles. The van der Waals surface area contributed by atoms with Crippen LogP contribution in [-0.4, -0.2) is 26.7 Å². The lowest BCUT2D eigenvalue weighted by Gasteiger charge is -2.31. The lowest BCUT2D eigenvalue weighted by atomic mass is 9.80. The van der Waals surface area contributed by atoms with Crippen molar-refractivity contribution < 1.29 is 4.79 Å². The van der Waals surface area contributed by atoms with Crippen molar-refractivity contribution in [1.82, 2.24) is 20.1 Å². The Balaban J connectivity index is 1.79. The molecule has 16 heavy (non-hydrogen) atoms. The topological polar surface area (TPSA) is 85.8 Å². The number of carbonyl (C=O) groups is 1. The van der Waals surface area contributed by atoms with Crippen LogP contribution in [0.15, 0.2) is 6.33 Å². The maximum atomic E-state index is 11.6. The van der Waals surface area contributed by atoms with Gasteiger partial charge >= 0.3 is 0 Å². The molecule has 1 unspecified atom stereocenters. The first-order chi connectivity index (χ1) is 7.65. The Morgan fingerprint density at radius 1 is 1.75 bits per heavy atom. The average Bonchev–Trinajstić information content (AvgIpc) is 2.47. The number of nitrogens with one attached hydrogen (secondary N) is 1. The molecule has 3 N–H and O–H groups in total. The number of carbonyl (C=O) groups excluding carboxylic acids is 1. The van der Waals surface area contributed by atoms with Crippen LogP contribution in [0.4, 0.5) is 5.95 Å². The van der Waals surface area contributed by atoms with Gasteiger partial charge in [0.2, 0.25) is 11.9 Å². The molecule has 1 saturated carbocycles. The second kappa shape index (κ2) is 4.51. The number of nitrogens with two attached hydrogens (primary N) is 1. The molecular weight excluding hydrogens is 206 g/mol. The summed E-state index contributed by atoms with van der Waals surface area (Å²) in [6, 6.07) is 0.252. The summed E-state index contributed by atoms with van der Waals surface area (Å²) in [6.45, 7) is 2.23. The summed E-state index contributed by atoms with van der Waals surface area (Å²) in [4.78, 5) is 15.4. The minimum absolute atomic E-state index is 0.0377. The van der Waals surface area contributed by atoms with E-state index in [1.54, 1.807) is 0 Å². The molecule has 0 aliphatic heterocycles. The van der Waals surface area contributed by atoms with Gasteiger partial charge in [-0.05, 0) is 25.7 Å². The maximum Gasteiger partial charge on any atom is 0.242 e. The van der Waals surface area contributed by atoms with Crippen LogP contribution in [0.5, 0.6) is 0 Å². The first kappa shape index (κ1) is 10.9. The monoisotopic (exact) mass is 223 g/mol. The molecule has 0 bridgehead atoms. The molecule has 0 saturated heterocycles. The maximum absolute atomic E-state index is 11.6. The highest BCUT2D eigenvalue weighted by atomic mass is 16.2. The number of nitrogens with zero attached hydrogens (tertiary/aromatic N) is 3. The normalized spacial score (nSPS) is 17.8. The molecule has 1 aliphatic rings. The highest BCUT2D eigenvalue weighted by molar-refractivity contribution is 5.75. The smallest absolute Gasteiger partial charge is 0.242 e. The molecule has 6 nitrogen and oxygen atoms in total. The molecule has 1 amide bonds. The van der Waals surface area contributed by atoms with Crippen LogP contribution in [0.3, 0.4) is 0 Å². The Labute approximate surface area is 94.2 Å². The minimum atomic E-state index is -0.0377. The van der Waals surface area contributed by atoms with Gasteiger partial charge in [-0.1, -0.05) is 6.42 Å². The van der Waals surface area contributed by atoms with Gasteiger partial charge in [-0.15, -0.1) is 5.10 Å². The van der Waals surface area contributed by atoms with E-state index in [1.807, 2.05) is 0 Å². The fourth-order valence-electron chi connectivity index (χ4n) is 1.89. The number of amides is 1. The van der Waals surface area contributed by atoms with Crippen molar-refractivity contribution in [1.29, 1.82) is 0 Å². The van der Waals surface area contributed by atoms with Crippen LogP contribution in [0.25, 0.3) is 0 Å². The predicted molar refractivity (Wildman–Crippen MR) is 59.4 cm³/mol. The van der Waals surface area contributed by atoms with E-state index in [1.165, 1.54) is 30.3 Å². The van der Waals surface area contributed by atoms with E-state index in [9.17, 15) is 4.79 Å². The minimum Gasteiger partial charge on any atom is -0.367 e. The second-order valence-electron chi connectivity index (χ2n) is 4.35. The number of aromatic nitrogens is 3. The Kier molecular flexibility index (Phi) is 3.07. The fourth-order valence-corrected chi connectivity index (χ4v) is 1.89. The van der Waals surface area contributed by atoms with Gasteiger partial charge in [0, 0.05) is 6.04 Å². The van der Waals surface area contributed by atoms with Crippen LogP contribution >= 0.6 is 0 Å². The van der Waals surface area contributed by atoms with Crippen molar-refractivity contribution in [2.45, 2.75) is 38.8 Å². The number of anilines is 1. The SMILES string of the molecule is CC(NC(=O)Cn1cnc(N)n1)C1CCC1. The van der Waals surface area contributed by atoms with Gasteiger partial charge in [-0.25, -0.2) is 9.67 Å². The highest BCUT2D eigenvalue weighted by Crippen LogP contribution is 2.29. The van der Waals surface area contributed by atoms with Crippen LogP contribution < -0.4 is 11.1 Å². The van der Waals surface area contributed by atoms with Gasteiger partial charge in [0.1, 0.15) is 12.9 Å². The summed E-state index contributed by atoms with van der Waals surface area (Å²) in [5, 5.41) is 6.83. The van der Waals surface area contributed by atoms with Gasteiger partial charge in [0.05, 0.1) is 0 Å². The molecule has 1 aromatic rings. The first-order valence-electron chi connectivity index (χ1n) is 5.59. The summed E-state index contributed by atoms with van der Waals surface area (Å²) in [5.41, 5.74) is 5.36. The molecule has 0 spiro atoms. The molecule has 2 rings (SSSR count). The number of hydrogen-bond donors (Lipinski definition) is 2. The van der Waals surface area contributed by atoms with Gasteiger partial charge in [-0.3, -0.25) is 4.79 Å². The molecule has 1 atom stereocenters. The molecule has 1 fully saturated rings. The zero-order valence-electron chi connectivity index (χ0n) is 9.39. The standard InChI is InChI=1S/C10H17N5O/c1-7(8-3-2-4-8)13-9(16)5-15-6-12-10(11)14-15/h6-8H,2-5H2,1H3,(H2,11,14)(H,13,16). The van der Waals surface area contributed by atoms with Crippen molar-refractivity contribution in [3.8, 4) is 0 Å². The number of nitrogen functional groups attached to an aromatic ring is 1. The zero-order valence-corrected chi connectivity index (χ0v) is 9.39.